The molecule has 38 heavy (non-hydrogen) atoms. The Morgan fingerprint density at radius 1 is 0.842 bits per heavy atom. The Kier molecular flexibility index (Phi) is 6.14. The van der Waals surface area contributed by atoms with Gasteiger partial charge in [0.25, 0.3) is 0 Å². The minimum absolute atomic E-state index is 0.0924. The van der Waals surface area contributed by atoms with Gasteiger partial charge in [0.05, 0.1) is 6.26 Å². The number of alkyl carbamates (subject to hydrolysis) is 1. The number of fused-ring (bicyclic) bond motifs is 4. The van der Waals surface area contributed by atoms with Crippen molar-refractivity contribution in [1.82, 2.24) is 5.32 Å². The van der Waals surface area contributed by atoms with Gasteiger partial charge in [-0.25, -0.2) is 9.59 Å². The zero-order valence-electron chi connectivity index (χ0n) is 20.5. The molecule has 0 saturated carbocycles. The fourth-order valence-electron chi connectivity index (χ4n) is 5.20. The Labute approximate surface area is 219 Å². The number of ether oxygens (including phenoxy) is 1. The van der Waals surface area contributed by atoms with Gasteiger partial charge in [-0.05, 0) is 57.1 Å². The highest BCUT2D eigenvalue weighted by Crippen LogP contribution is 2.44. The van der Waals surface area contributed by atoms with Crippen molar-refractivity contribution in [3.63, 3.8) is 0 Å². The highest BCUT2D eigenvalue weighted by molar-refractivity contribution is 5.84. The van der Waals surface area contributed by atoms with E-state index in [0.717, 1.165) is 49.9 Å². The maximum atomic E-state index is 12.6. The van der Waals surface area contributed by atoms with Gasteiger partial charge in [-0.15, -0.1) is 0 Å². The number of hydrogen-bond donors (Lipinski definition) is 2. The third kappa shape index (κ3) is 4.52. The minimum atomic E-state index is -1.12. The van der Waals surface area contributed by atoms with Gasteiger partial charge in [0.1, 0.15) is 18.2 Å². The Morgan fingerprint density at radius 3 is 2.18 bits per heavy atom. The third-order valence-corrected chi connectivity index (χ3v) is 7.11. The molecule has 188 valence electrons. The molecular formula is C32H25NO5. The molecule has 0 bridgehead atoms. The normalized spacial score (nSPS) is 13.1. The zero-order valence-corrected chi connectivity index (χ0v) is 20.5. The summed E-state index contributed by atoms with van der Waals surface area (Å²) in [5.41, 5.74) is 8.14. The average molecular weight is 504 g/mol. The molecule has 0 radical (unpaired) electrons. The fourth-order valence-corrected chi connectivity index (χ4v) is 5.20. The molecule has 1 atom stereocenters. The lowest BCUT2D eigenvalue weighted by atomic mass is 9.98. The number of nitrogens with one attached hydrogen (secondary N) is 1. The van der Waals surface area contributed by atoms with Gasteiger partial charge in [-0.1, -0.05) is 78.9 Å². The maximum absolute atomic E-state index is 12.6. The molecule has 6 nitrogen and oxygen atoms in total. The highest BCUT2D eigenvalue weighted by atomic mass is 16.5. The SMILES string of the molecule is O=C(N[C@@H](Cc1ccc(-c2ccc3occc3c2)cc1)C(=O)O)OCC1c2ccccc2-c2ccccc21. The predicted molar refractivity (Wildman–Crippen MR) is 145 cm³/mol. The van der Waals surface area contributed by atoms with Gasteiger partial charge < -0.3 is 19.6 Å². The first-order chi connectivity index (χ1) is 18.6. The van der Waals surface area contributed by atoms with Crippen molar-refractivity contribution in [2.75, 3.05) is 6.61 Å². The molecule has 2 N–H and O–H groups in total. The molecule has 6 heteroatoms. The summed E-state index contributed by atoms with van der Waals surface area (Å²) >= 11 is 0. The summed E-state index contributed by atoms with van der Waals surface area (Å²) in [5, 5.41) is 13.3. The minimum Gasteiger partial charge on any atom is -0.480 e. The van der Waals surface area contributed by atoms with Gasteiger partial charge in [0.15, 0.2) is 0 Å². The van der Waals surface area contributed by atoms with Crippen molar-refractivity contribution in [2.24, 2.45) is 0 Å². The van der Waals surface area contributed by atoms with Gasteiger partial charge in [-0.2, -0.15) is 0 Å². The predicted octanol–water partition coefficient (Wildman–Crippen LogP) is 6.63. The number of aliphatic carboxylic acids is 1. The van der Waals surface area contributed by atoms with E-state index in [9.17, 15) is 14.7 Å². The fraction of sp³-hybridized carbons (Fsp3) is 0.125. The summed E-state index contributed by atoms with van der Waals surface area (Å²) in [6.07, 6.45) is 1.05. The van der Waals surface area contributed by atoms with Crippen LogP contribution in [0.2, 0.25) is 0 Å². The van der Waals surface area contributed by atoms with Crippen LogP contribution in [-0.2, 0) is 16.0 Å². The van der Waals surface area contributed by atoms with Crippen molar-refractivity contribution in [3.8, 4) is 22.3 Å². The second kappa shape index (κ2) is 9.90. The number of carboxylic acids is 1. The summed E-state index contributed by atoms with van der Waals surface area (Å²) < 4.78 is 10.9. The van der Waals surface area contributed by atoms with Gasteiger partial charge in [0, 0.05) is 17.7 Å². The highest BCUT2D eigenvalue weighted by Gasteiger charge is 2.29. The lowest BCUT2D eigenvalue weighted by Gasteiger charge is -2.17. The van der Waals surface area contributed by atoms with Gasteiger partial charge >= 0.3 is 12.1 Å². The molecule has 0 saturated heterocycles. The average Bonchev–Trinajstić information content (AvgIpc) is 3.54. The van der Waals surface area contributed by atoms with Crippen LogP contribution in [-0.4, -0.2) is 29.8 Å². The first kappa shape index (κ1) is 23.6. The van der Waals surface area contributed by atoms with E-state index in [4.69, 9.17) is 9.15 Å². The zero-order chi connectivity index (χ0) is 26.1. The molecule has 6 rings (SSSR count). The van der Waals surface area contributed by atoms with Crippen molar-refractivity contribution in [2.45, 2.75) is 18.4 Å². The van der Waals surface area contributed by atoms with Crippen LogP contribution >= 0.6 is 0 Å². The lowest BCUT2D eigenvalue weighted by Crippen LogP contribution is -2.42. The molecule has 1 heterocycles. The molecule has 4 aromatic carbocycles. The second-order valence-electron chi connectivity index (χ2n) is 9.43. The number of hydrogen-bond acceptors (Lipinski definition) is 4. The van der Waals surface area contributed by atoms with E-state index < -0.39 is 18.1 Å². The summed E-state index contributed by atoms with van der Waals surface area (Å²) in [6, 6.07) is 30.6. The molecule has 0 spiro atoms. The molecule has 0 unspecified atom stereocenters. The monoisotopic (exact) mass is 503 g/mol. The maximum Gasteiger partial charge on any atom is 0.407 e. The molecule has 0 aliphatic heterocycles. The van der Waals surface area contributed by atoms with Crippen molar-refractivity contribution in [3.05, 3.63) is 120 Å². The van der Waals surface area contributed by atoms with Crippen LogP contribution in [0, 0.1) is 0 Å². The van der Waals surface area contributed by atoms with Crippen molar-refractivity contribution in [1.29, 1.82) is 0 Å². The number of furan rings is 1. The largest absolute Gasteiger partial charge is 0.480 e. The van der Waals surface area contributed by atoms with Crippen molar-refractivity contribution < 1.29 is 23.8 Å². The Balaban J connectivity index is 1.10. The molecular weight excluding hydrogens is 478 g/mol. The number of carboxylic acid groups (broad SMARTS) is 1. The Bertz CT molecular complexity index is 1590. The topological polar surface area (TPSA) is 88.8 Å². The number of rotatable bonds is 7. The van der Waals surface area contributed by atoms with E-state index >= 15 is 0 Å². The summed E-state index contributed by atoms with van der Waals surface area (Å²) in [6.45, 7) is 0.127. The van der Waals surface area contributed by atoms with Crippen LogP contribution in [0.25, 0.3) is 33.2 Å². The van der Waals surface area contributed by atoms with Crippen LogP contribution in [0.4, 0.5) is 4.79 Å². The Morgan fingerprint density at radius 2 is 1.50 bits per heavy atom. The third-order valence-electron chi connectivity index (χ3n) is 7.11. The van der Waals surface area contributed by atoms with E-state index in [1.807, 2.05) is 84.9 Å². The number of carbonyl (C=O) groups excluding carboxylic acids is 1. The molecule has 1 aromatic heterocycles. The smallest absolute Gasteiger partial charge is 0.407 e. The van der Waals surface area contributed by atoms with Gasteiger partial charge in [0.2, 0.25) is 0 Å². The van der Waals surface area contributed by atoms with Gasteiger partial charge in [-0.3, -0.25) is 0 Å². The van der Waals surface area contributed by atoms with Crippen LogP contribution in [0.1, 0.15) is 22.6 Å². The van der Waals surface area contributed by atoms with E-state index in [-0.39, 0.29) is 18.9 Å². The molecule has 1 amide bonds. The van der Waals surface area contributed by atoms with Crippen molar-refractivity contribution >= 4 is 23.0 Å². The Hall–Kier alpha value is -4.84. The molecule has 0 fully saturated rings. The standard InChI is InChI=1S/C32H25NO5/c34-31(35)29(17-20-9-11-21(12-10-20)22-13-14-30-23(18-22)15-16-37-30)33-32(36)38-19-28-26-7-3-1-5-24(26)25-6-2-4-8-27(25)28/h1-16,18,28-29H,17,19H2,(H,33,36)(H,34,35)/t29-/m0/s1. The molecule has 1 aliphatic rings. The van der Waals surface area contributed by atoms with Crippen LogP contribution in [0.5, 0.6) is 0 Å². The number of benzene rings is 4. The van der Waals surface area contributed by atoms with E-state index in [0.29, 0.717) is 0 Å². The summed E-state index contributed by atoms with van der Waals surface area (Å²) in [4.78, 5) is 24.6. The lowest BCUT2D eigenvalue weighted by molar-refractivity contribution is -0.139. The molecule has 1 aliphatic carbocycles. The quantitative estimate of drug-likeness (QED) is 0.260. The van der Waals surface area contributed by atoms with E-state index in [1.165, 1.54) is 0 Å². The van der Waals surface area contributed by atoms with Crippen LogP contribution in [0.15, 0.2) is 108 Å². The second-order valence-corrected chi connectivity index (χ2v) is 9.43. The first-order valence-electron chi connectivity index (χ1n) is 12.5. The summed E-state index contributed by atoms with van der Waals surface area (Å²) in [7, 11) is 0. The summed E-state index contributed by atoms with van der Waals surface area (Å²) in [5.74, 6) is -1.21. The van der Waals surface area contributed by atoms with Crippen LogP contribution < -0.4 is 5.32 Å². The number of carbonyl (C=O) groups is 2. The van der Waals surface area contributed by atoms with Crippen LogP contribution in [0.3, 0.4) is 0 Å². The number of amides is 1. The molecule has 5 aromatic rings. The van der Waals surface area contributed by atoms with E-state index in [1.54, 1.807) is 6.26 Å². The van der Waals surface area contributed by atoms with E-state index in [2.05, 4.69) is 17.4 Å². The first-order valence-corrected chi connectivity index (χ1v) is 12.5.